The molecule has 1 unspecified atom stereocenters. The first-order chi connectivity index (χ1) is 26.1. The number of aryl methyl sites for hydroxylation is 2. The van der Waals surface area contributed by atoms with Crippen molar-refractivity contribution in [2.75, 3.05) is 6.54 Å². The van der Waals surface area contributed by atoms with E-state index in [0.29, 0.717) is 17.8 Å². The molecule has 1 saturated heterocycles. The molecular formula is C41H35N9O4. The van der Waals surface area contributed by atoms with E-state index in [2.05, 4.69) is 69.6 Å². The van der Waals surface area contributed by atoms with Gasteiger partial charge in [0, 0.05) is 49.2 Å². The number of hydrogen-bond donors (Lipinski definition) is 2. The summed E-state index contributed by atoms with van der Waals surface area (Å²) in [6.45, 7) is 4.34. The van der Waals surface area contributed by atoms with E-state index in [0.717, 1.165) is 55.1 Å². The van der Waals surface area contributed by atoms with Crippen LogP contribution in [-0.4, -0.2) is 58.1 Å². The minimum absolute atomic E-state index is 0.0544. The minimum atomic E-state index is -0.627. The lowest BCUT2D eigenvalue weighted by Crippen LogP contribution is -2.42. The summed E-state index contributed by atoms with van der Waals surface area (Å²) >= 11 is 0. The predicted molar refractivity (Wildman–Crippen MR) is 204 cm³/mol. The maximum atomic E-state index is 12.9. The third-order valence-electron chi connectivity index (χ3n) is 9.88. The van der Waals surface area contributed by atoms with Gasteiger partial charge in [0.1, 0.15) is 17.4 Å². The van der Waals surface area contributed by atoms with Gasteiger partial charge in [0.2, 0.25) is 5.91 Å². The smallest absolute Gasteiger partial charge is 0.328 e. The number of fused-ring (bicyclic) bond motifs is 3. The average molecular weight is 718 g/mol. The van der Waals surface area contributed by atoms with Gasteiger partial charge in [-0.3, -0.25) is 38.8 Å². The molecule has 8 rings (SSSR count). The van der Waals surface area contributed by atoms with Crippen LogP contribution in [0.5, 0.6) is 0 Å². The summed E-state index contributed by atoms with van der Waals surface area (Å²) in [4.78, 5) is 63.4. The summed E-state index contributed by atoms with van der Waals surface area (Å²) in [5.74, 6) is 5.00. The molecule has 13 heteroatoms. The molecule has 0 bridgehead atoms. The Balaban J connectivity index is 0.968. The first-order valence-corrected chi connectivity index (χ1v) is 17.6. The lowest BCUT2D eigenvalue weighted by molar-refractivity contribution is -0.135. The molecule has 6 heterocycles. The van der Waals surface area contributed by atoms with Crippen molar-refractivity contribution in [1.82, 2.24) is 44.5 Å². The van der Waals surface area contributed by atoms with Crippen molar-refractivity contribution in [3.63, 3.8) is 0 Å². The first kappa shape index (κ1) is 34.2. The zero-order chi connectivity index (χ0) is 37.7. The second-order valence-corrected chi connectivity index (χ2v) is 13.7. The van der Waals surface area contributed by atoms with Crippen LogP contribution in [0, 0.1) is 11.8 Å². The van der Waals surface area contributed by atoms with E-state index in [-0.39, 0.29) is 42.1 Å². The molecule has 0 saturated carbocycles. The van der Waals surface area contributed by atoms with Crippen molar-refractivity contribution in [3.8, 4) is 34.2 Å². The molecule has 0 aliphatic carbocycles. The van der Waals surface area contributed by atoms with Crippen molar-refractivity contribution in [2.24, 2.45) is 14.1 Å². The molecule has 0 spiro atoms. The van der Waals surface area contributed by atoms with Gasteiger partial charge in [-0.25, -0.2) is 14.5 Å². The summed E-state index contributed by atoms with van der Waals surface area (Å²) in [6, 6.07) is 18.8. The summed E-state index contributed by atoms with van der Waals surface area (Å²) in [5, 5.41) is 12.2. The van der Waals surface area contributed by atoms with Crippen molar-refractivity contribution >= 4 is 50.6 Å². The predicted octanol–water partition coefficient (Wildman–Crippen LogP) is 4.78. The van der Waals surface area contributed by atoms with Gasteiger partial charge >= 0.3 is 5.69 Å². The summed E-state index contributed by atoms with van der Waals surface area (Å²) in [6.07, 6.45) is 5.68. The molecule has 5 aromatic heterocycles. The second-order valence-electron chi connectivity index (χ2n) is 13.7. The molecule has 54 heavy (non-hydrogen) atoms. The number of pyridine rings is 3. The molecule has 1 aliphatic rings. The number of nitrogens with one attached hydrogen (secondary N) is 2. The molecule has 13 nitrogen and oxygen atoms in total. The van der Waals surface area contributed by atoms with Gasteiger partial charge in [0.25, 0.3) is 11.8 Å². The largest absolute Gasteiger partial charge is 0.340 e. The van der Waals surface area contributed by atoms with Gasteiger partial charge in [-0.2, -0.15) is 5.10 Å². The number of piperidine rings is 1. The monoisotopic (exact) mass is 717 g/mol. The molecule has 1 atom stereocenters. The Morgan fingerprint density at radius 2 is 1.80 bits per heavy atom. The molecule has 0 radical (unpaired) electrons. The lowest BCUT2D eigenvalue weighted by Gasteiger charge is -2.21. The second kappa shape index (κ2) is 13.6. The van der Waals surface area contributed by atoms with Crippen molar-refractivity contribution in [2.45, 2.75) is 38.6 Å². The highest BCUT2D eigenvalue weighted by molar-refractivity contribution is 6.01. The topological polar surface area (TPSA) is 159 Å². The number of aromatic nitrogens is 7. The summed E-state index contributed by atoms with van der Waals surface area (Å²) in [5.41, 5.74) is 7.60. The van der Waals surface area contributed by atoms with Crippen LogP contribution in [0.4, 0.5) is 0 Å². The maximum Gasteiger partial charge on any atom is 0.328 e. The standard InChI is InChI=1S/C41H35N9O4/c1-23(2)30-17-27(19-35-37(30)49(4)41(54)48(35)3)29-9-5-7-24-18-33(44-22-31(24)29)25-11-13-32(43-20-25)39(52)42-16-6-8-28-12-10-26-21-45-50(38(26)46-28)34-14-15-36(51)47-40(34)53/h5,7,9-13,17-23,34H,14-16H2,1-4H3,(H,42,52)(H,47,51,53). The van der Waals surface area contributed by atoms with E-state index in [4.69, 9.17) is 4.98 Å². The van der Waals surface area contributed by atoms with Crippen LogP contribution in [0.1, 0.15) is 60.4 Å². The molecule has 2 N–H and O–H groups in total. The SMILES string of the molecule is CC(C)c1cc(-c2cccc3cc(-c4ccc(C(=O)NCC#Cc5ccc6cnn(C7CCC(=O)NC7=O)c6n5)nc4)ncc23)cc2c1n(C)c(=O)n2C. The Kier molecular flexibility index (Phi) is 8.58. The zero-order valence-electron chi connectivity index (χ0n) is 30.0. The molecule has 2 aromatic carbocycles. The Morgan fingerprint density at radius 1 is 0.944 bits per heavy atom. The van der Waals surface area contributed by atoms with E-state index in [1.165, 1.54) is 4.68 Å². The van der Waals surface area contributed by atoms with E-state index in [9.17, 15) is 19.2 Å². The van der Waals surface area contributed by atoms with Crippen LogP contribution >= 0.6 is 0 Å². The third-order valence-corrected chi connectivity index (χ3v) is 9.88. The van der Waals surface area contributed by atoms with Gasteiger partial charge in [-0.05, 0) is 82.8 Å². The average Bonchev–Trinajstić information content (AvgIpc) is 3.69. The number of benzene rings is 2. The number of rotatable bonds is 6. The Morgan fingerprint density at radius 3 is 2.57 bits per heavy atom. The number of hydrogen-bond acceptors (Lipinski definition) is 8. The highest BCUT2D eigenvalue weighted by Crippen LogP contribution is 2.35. The van der Waals surface area contributed by atoms with E-state index < -0.39 is 11.9 Å². The molecular weight excluding hydrogens is 683 g/mol. The fraction of sp³-hybridized carbons (Fsp3) is 0.220. The number of carbonyl (C=O) groups is 3. The van der Waals surface area contributed by atoms with Gasteiger partial charge < -0.3 is 5.32 Å². The number of imidazole rings is 1. The van der Waals surface area contributed by atoms with Crippen molar-refractivity contribution in [3.05, 3.63) is 107 Å². The van der Waals surface area contributed by atoms with E-state index in [1.54, 1.807) is 40.7 Å². The fourth-order valence-electron chi connectivity index (χ4n) is 7.03. The number of amides is 3. The molecule has 268 valence electrons. The molecule has 1 aliphatic heterocycles. The van der Waals surface area contributed by atoms with Crippen LogP contribution in [0.3, 0.4) is 0 Å². The highest BCUT2D eigenvalue weighted by atomic mass is 16.2. The zero-order valence-corrected chi connectivity index (χ0v) is 30.0. The van der Waals surface area contributed by atoms with Crippen LogP contribution in [0.2, 0.25) is 0 Å². The lowest BCUT2D eigenvalue weighted by atomic mass is 9.93. The van der Waals surface area contributed by atoms with Crippen molar-refractivity contribution in [1.29, 1.82) is 0 Å². The minimum Gasteiger partial charge on any atom is -0.340 e. The summed E-state index contributed by atoms with van der Waals surface area (Å²) in [7, 11) is 3.62. The Bertz CT molecular complexity index is 2800. The van der Waals surface area contributed by atoms with Gasteiger partial charge in [-0.1, -0.05) is 38.0 Å². The van der Waals surface area contributed by atoms with Gasteiger partial charge in [0.05, 0.1) is 29.5 Å². The molecule has 7 aromatic rings. The summed E-state index contributed by atoms with van der Waals surface area (Å²) < 4.78 is 4.93. The van der Waals surface area contributed by atoms with Gasteiger partial charge in [-0.15, -0.1) is 0 Å². The quantitative estimate of drug-likeness (QED) is 0.184. The van der Waals surface area contributed by atoms with Crippen LogP contribution < -0.4 is 16.3 Å². The maximum absolute atomic E-state index is 12.9. The van der Waals surface area contributed by atoms with Crippen LogP contribution in [-0.2, 0) is 23.7 Å². The fourth-order valence-corrected chi connectivity index (χ4v) is 7.03. The molecule has 3 amide bonds. The van der Waals surface area contributed by atoms with Gasteiger partial charge in [0.15, 0.2) is 5.65 Å². The van der Waals surface area contributed by atoms with Crippen LogP contribution in [0.25, 0.3) is 55.2 Å². The van der Waals surface area contributed by atoms with E-state index >= 15 is 0 Å². The first-order valence-electron chi connectivity index (χ1n) is 17.6. The highest BCUT2D eigenvalue weighted by Gasteiger charge is 2.30. The normalized spacial score (nSPS) is 14.4. The van der Waals surface area contributed by atoms with Crippen molar-refractivity contribution < 1.29 is 14.4 Å². The van der Waals surface area contributed by atoms with E-state index in [1.807, 2.05) is 43.6 Å². The number of carbonyl (C=O) groups excluding carboxylic acids is 3. The Labute approximate surface area is 309 Å². The Hall–Kier alpha value is -6.94. The number of imide groups is 1. The number of nitrogens with zero attached hydrogens (tertiary/aromatic N) is 7. The molecule has 1 fully saturated rings. The third kappa shape index (κ3) is 6.07. The van der Waals surface area contributed by atoms with Crippen LogP contribution in [0.15, 0.2) is 84.0 Å².